The maximum atomic E-state index is 12.2. The van der Waals surface area contributed by atoms with Crippen LogP contribution in [0.3, 0.4) is 0 Å². The Labute approximate surface area is 151 Å². The summed E-state index contributed by atoms with van der Waals surface area (Å²) in [6, 6.07) is 7.90. The summed E-state index contributed by atoms with van der Waals surface area (Å²) in [5, 5.41) is 13.8. The number of rotatable bonds is 7. The lowest BCUT2D eigenvalue weighted by Crippen LogP contribution is -2.17. The van der Waals surface area contributed by atoms with Crippen molar-refractivity contribution in [1.82, 2.24) is 5.43 Å². The molecule has 8 nitrogen and oxygen atoms in total. The van der Waals surface area contributed by atoms with Crippen LogP contribution in [-0.2, 0) is 0 Å². The number of phenols is 1. The fourth-order valence-electron chi connectivity index (χ4n) is 2.20. The van der Waals surface area contributed by atoms with Gasteiger partial charge in [0.05, 0.1) is 34.7 Å². The zero-order valence-corrected chi connectivity index (χ0v) is 14.9. The second kappa shape index (κ2) is 8.61. The molecule has 0 radical (unpaired) electrons. The smallest absolute Gasteiger partial charge is 0.271 e. The highest BCUT2D eigenvalue weighted by Gasteiger charge is 2.11. The van der Waals surface area contributed by atoms with Gasteiger partial charge in [0, 0.05) is 11.1 Å². The molecule has 8 heteroatoms. The average molecular weight is 360 g/mol. The van der Waals surface area contributed by atoms with Crippen LogP contribution < -0.4 is 24.4 Å². The van der Waals surface area contributed by atoms with Crippen molar-refractivity contribution in [3.63, 3.8) is 0 Å². The number of hydrazone groups is 1. The third kappa shape index (κ3) is 4.15. The molecule has 2 aromatic carbocycles. The quantitative estimate of drug-likeness (QED) is 0.580. The van der Waals surface area contributed by atoms with Crippen molar-refractivity contribution in [2.24, 2.45) is 5.10 Å². The number of aromatic hydroxyl groups is 1. The SMILES string of the molecule is COc1ccc(C(=O)N/N=C\c2cc(OC)c(O)c(OC)c2)cc1OC. The summed E-state index contributed by atoms with van der Waals surface area (Å²) in [4.78, 5) is 12.2. The van der Waals surface area contributed by atoms with Crippen molar-refractivity contribution in [2.45, 2.75) is 0 Å². The van der Waals surface area contributed by atoms with Crippen LogP contribution in [0.5, 0.6) is 28.7 Å². The van der Waals surface area contributed by atoms with Gasteiger partial charge in [0.25, 0.3) is 5.91 Å². The molecule has 0 aliphatic carbocycles. The van der Waals surface area contributed by atoms with Gasteiger partial charge in [-0.25, -0.2) is 5.43 Å². The number of ether oxygens (including phenoxy) is 4. The first-order chi connectivity index (χ1) is 12.5. The van der Waals surface area contributed by atoms with Gasteiger partial charge in [0.1, 0.15) is 0 Å². The Balaban J connectivity index is 2.14. The lowest BCUT2D eigenvalue weighted by molar-refractivity contribution is 0.0954. The minimum absolute atomic E-state index is 0.110. The second-order valence-corrected chi connectivity index (χ2v) is 5.04. The van der Waals surface area contributed by atoms with E-state index in [0.29, 0.717) is 22.6 Å². The van der Waals surface area contributed by atoms with Crippen molar-refractivity contribution in [1.29, 1.82) is 0 Å². The summed E-state index contributed by atoms with van der Waals surface area (Å²) in [5.74, 6) is 0.906. The predicted octanol–water partition coefficient (Wildman–Crippen LogP) is 2.19. The van der Waals surface area contributed by atoms with E-state index in [1.807, 2.05) is 0 Å². The normalized spacial score (nSPS) is 10.5. The monoisotopic (exact) mass is 360 g/mol. The lowest BCUT2D eigenvalue weighted by atomic mass is 10.2. The largest absolute Gasteiger partial charge is 0.502 e. The highest BCUT2D eigenvalue weighted by atomic mass is 16.5. The summed E-state index contributed by atoms with van der Waals surface area (Å²) in [7, 11) is 5.86. The Bertz CT molecular complexity index is 794. The Kier molecular flexibility index (Phi) is 6.26. The number of hydrogen-bond acceptors (Lipinski definition) is 7. The van der Waals surface area contributed by atoms with Gasteiger partial charge < -0.3 is 24.1 Å². The molecule has 0 saturated carbocycles. The van der Waals surface area contributed by atoms with Crippen LogP contribution >= 0.6 is 0 Å². The number of phenolic OH excluding ortho intramolecular Hbond substituents is 1. The Morgan fingerprint density at radius 2 is 1.50 bits per heavy atom. The predicted molar refractivity (Wildman–Crippen MR) is 95.8 cm³/mol. The van der Waals surface area contributed by atoms with Crippen molar-refractivity contribution in [3.05, 3.63) is 41.5 Å². The number of methoxy groups -OCH3 is 4. The molecule has 0 heterocycles. The van der Waals surface area contributed by atoms with Gasteiger partial charge in [0.2, 0.25) is 5.75 Å². The Hall–Kier alpha value is -3.42. The van der Waals surface area contributed by atoms with Gasteiger partial charge in [-0.15, -0.1) is 0 Å². The summed E-state index contributed by atoms with van der Waals surface area (Å²) in [6.07, 6.45) is 1.41. The highest BCUT2D eigenvalue weighted by Crippen LogP contribution is 2.36. The lowest BCUT2D eigenvalue weighted by Gasteiger charge is -2.09. The Morgan fingerprint density at radius 3 is 2.04 bits per heavy atom. The molecule has 0 bridgehead atoms. The first-order valence-corrected chi connectivity index (χ1v) is 7.54. The summed E-state index contributed by atoms with van der Waals surface area (Å²) < 4.78 is 20.4. The van der Waals surface area contributed by atoms with Crippen LogP contribution in [0.4, 0.5) is 0 Å². The second-order valence-electron chi connectivity index (χ2n) is 5.04. The summed E-state index contributed by atoms with van der Waals surface area (Å²) >= 11 is 0. The molecule has 0 aromatic heterocycles. The van der Waals surface area contributed by atoms with Gasteiger partial charge in [-0.2, -0.15) is 5.10 Å². The highest BCUT2D eigenvalue weighted by molar-refractivity contribution is 5.95. The van der Waals surface area contributed by atoms with E-state index in [1.165, 1.54) is 34.7 Å². The van der Waals surface area contributed by atoms with E-state index >= 15 is 0 Å². The summed E-state index contributed by atoms with van der Waals surface area (Å²) in [5.41, 5.74) is 3.35. The Morgan fingerprint density at radius 1 is 0.923 bits per heavy atom. The number of nitrogens with one attached hydrogen (secondary N) is 1. The topological polar surface area (TPSA) is 98.6 Å². The molecule has 1 amide bonds. The zero-order valence-electron chi connectivity index (χ0n) is 14.9. The van der Waals surface area contributed by atoms with E-state index in [-0.39, 0.29) is 17.2 Å². The number of benzene rings is 2. The first kappa shape index (κ1) is 18.9. The number of carbonyl (C=O) groups is 1. The van der Waals surface area contributed by atoms with Crippen molar-refractivity contribution in [2.75, 3.05) is 28.4 Å². The van der Waals surface area contributed by atoms with Crippen LogP contribution in [0.25, 0.3) is 0 Å². The molecule has 0 atom stereocenters. The maximum absolute atomic E-state index is 12.2. The molecular formula is C18H20N2O6. The molecule has 2 N–H and O–H groups in total. The fourth-order valence-corrected chi connectivity index (χ4v) is 2.20. The van der Waals surface area contributed by atoms with Crippen molar-refractivity contribution in [3.8, 4) is 28.7 Å². The summed E-state index contributed by atoms with van der Waals surface area (Å²) in [6.45, 7) is 0. The van der Waals surface area contributed by atoms with Gasteiger partial charge in [-0.05, 0) is 30.3 Å². The van der Waals surface area contributed by atoms with Crippen LogP contribution in [0.2, 0.25) is 0 Å². The molecular weight excluding hydrogens is 340 g/mol. The van der Waals surface area contributed by atoms with E-state index in [9.17, 15) is 9.90 Å². The van der Waals surface area contributed by atoms with Crippen LogP contribution in [-0.4, -0.2) is 45.7 Å². The van der Waals surface area contributed by atoms with Crippen LogP contribution in [0.1, 0.15) is 15.9 Å². The average Bonchev–Trinajstić information content (AvgIpc) is 2.68. The molecule has 0 unspecified atom stereocenters. The van der Waals surface area contributed by atoms with E-state index in [1.54, 1.807) is 30.3 Å². The molecule has 2 aromatic rings. The van der Waals surface area contributed by atoms with Crippen molar-refractivity contribution < 1.29 is 28.8 Å². The number of amides is 1. The minimum Gasteiger partial charge on any atom is -0.502 e. The number of hydrogen-bond donors (Lipinski definition) is 2. The first-order valence-electron chi connectivity index (χ1n) is 7.54. The van der Waals surface area contributed by atoms with Gasteiger partial charge >= 0.3 is 0 Å². The van der Waals surface area contributed by atoms with Gasteiger partial charge in [-0.3, -0.25) is 4.79 Å². The van der Waals surface area contributed by atoms with Crippen LogP contribution in [0, 0.1) is 0 Å². The molecule has 138 valence electrons. The number of carbonyl (C=O) groups excluding carboxylic acids is 1. The maximum Gasteiger partial charge on any atom is 0.271 e. The fraction of sp³-hybridized carbons (Fsp3) is 0.222. The molecule has 0 aliphatic rings. The standard InChI is InChI=1S/C18H20N2O6/c1-23-13-6-5-12(9-14(13)24-2)18(22)20-19-10-11-7-15(25-3)17(21)16(8-11)26-4/h5-10,21H,1-4H3,(H,20,22)/b19-10-. The zero-order chi connectivity index (χ0) is 19.1. The molecule has 0 saturated heterocycles. The minimum atomic E-state index is -0.417. The van der Waals surface area contributed by atoms with E-state index in [2.05, 4.69) is 10.5 Å². The molecule has 0 spiro atoms. The molecule has 26 heavy (non-hydrogen) atoms. The molecule has 0 fully saturated rings. The molecule has 2 rings (SSSR count). The van der Waals surface area contributed by atoms with Crippen LogP contribution in [0.15, 0.2) is 35.4 Å². The van der Waals surface area contributed by atoms with Gasteiger partial charge in [0.15, 0.2) is 23.0 Å². The van der Waals surface area contributed by atoms with Gasteiger partial charge in [-0.1, -0.05) is 0 Å². The van der Waals surface area contributed by atoms with E-state index in [0.717, 1.165) is 0 Å². The third-order valence-electron chi connectivity index (χ3n) is 3.53. The van der Waals surface area contributed by atoms with E-state index < -0.39 is 5.91 Å². The van der Waals surface area contributed by atoms with E-state index in [4.69, 9.17) is 18.9 Å². The third-order valence-corrected chi connectivity index (χ3v) is 3.53. The number of nitrogens with zero attached hydrogens (tertiary/aromatic N) is 1. The van der Waals surface area contributed by atoms with Crippen molar-refractivity contribution >= 4 is 12.1 Å². The molecule has 0 aliphatic heterocycles.